The Balaban J connectivity index is 1.39. The molecule has 0 aromatic carbocycles. The van der Waals surface area contributed by atoms with E-state index in [2.05, 4.69) is 20.8 Å². The van der Waals surface area contributed by atoms with Crippen LogP contribution < -0.4 is 16.4 Å². The number of aromatic nitrogens is 2. The van der Waals surface area contributed by atoms with Crippen LogP contribution in [-0.4, -0.2) is 35.0 Å². The number of hydrogen-bond donors (Lipinski definition) is 3. The summed E-state index contributed by atoms with van der Waals surface area (Å²) >= 11 is 1.51. The van der Waals surface area contributed by atoms with Crippen LogP contribution in [0.2, 0.25) is 0 Å². The predicted octanol–water partition coefficient (Wildman–Crippen LogP) is 1.93. The molecule has 9 heteroatoms. The van der Waals surface area contributed by atoms with Crippen LogP contribution in [-0.2, 0) is 0 Å². The molecular weight excluding hydrogens is 354 g/mol. The number of hydrogen-bond acceptors (Lipinski definition) is 7. The molecule has 3 heterocycles. The maximum Gasteiger partial charge on any atom is 0.273 e. The highest BCUT2D eigenvalue weighted by Crippen LogP contribution is 2.24. The van der Waals surface area contributed by atoms with Gasteiger partial charge < -0.3 is 20.9 Å². The molecule has 0 aliphatic rings. The number of carbonyl (C=O) groups is 2. The first-order valence-electron chi connectivity index (χ1n) is 7.92. The average molecular weight is 371 g/mol. The van der Waals surface area contributed by atoms with E-state index in [0.717, 1.165) is 4.88 Å². The van der Waals surface area contributed by atoms with Gasteiger partial charge >= 0.3 is 0 Å². The first-order chi connectivity index (χ1) is 12.6. The molecule has 0 saturated carbocycles. The zero-order valence-corrected chi connectivity index (χ0v) is 14.6. The lowest BCUT2D eigenvalue weighted by Gasteiger charge is -2.06. The van der Waals surface area contributed by atoms with Gasteiger partial charge in [-0.05, 0) is 30.0 Å². The summed E-state index contributed by atoms with van der Waals surface area (Å²) in [4.78, 5) is 28.7. The molecule has 0 aliphatic carbocycles. The molecule has 0 unspecified atom stereocenters. The van der Waals surface area contributed by atoms with Crippen LogP contribution in [0.25, 0.3) is 10.6 Å². The third-order valence-electron chi connectivity index (χ3n) is 3.48. The molecule has 3 rings (SSSR count). The summed E-state index contributed by atoms with van der Waals surface area (Å²) in [6, 6.07) is 8.58. The van der Waals surface area contributed by atoms with Gasteiger partial charge in [0, 0.05) is 25.4 Å². The number of amides is 2. The Kier molecular flexibility index (Phi) is 5.59. The molecule has 0 radical (unpaired) electrons. The van der Waals surface area contributed by atoms with Crippen LogP contribution >= 0.6 is 11.3 Å². The summed E-state index contributed by atoms with van der Waals surface area (Å²) in [6.07, 6.45) is 2.00. The van der Waals surface area contributed by atoms with Gasteiger partial charge in [-0.25, -0.2) is 4.98 Å². The van der Waals surface area contributed by atoms with Crippen molar-refractivity contribution in [3.8, 4) is 10.6 Å². The van der Waals surface area contributed by atoms with Crippen LogP contribution in [0.15, 0.2) is 46.4 Å². The van der Waals surface area contributed by atoms with E-state index in [1.165, 1.54) is 17.5 Å². The highest BCUT2D eigenvalue weighted by molar-refractivity contribution is 7.13. The summed E-state index contributed by atoms with van der Waals surface area (Å²) < 4.78 is 5.17. The molecule has 0 atom stereocenters. The van der Waals surface area contributed by atoms with E-state index >= 15 is 0 Å². The Morgan fingerprint density at radius 1 is 1.15 bits per heavy atom. The number of carbonyl (C=O) groups excluding carboxylic acids is 2. The molecular formula is C17H17N5O3S. The van der Waals surface area contributed by atoms with Gasteiger partial charge in [-0.15, -0.1) is 11.3 Å². The lowest BCUT2D eigenvalue weighted by Crippen LogP contribution is -2.30. The summed E-state index contributed by atoms with van der Waals surface area (Å²) in [6.45, 7) is 0.822. The predicted molar refractivity (Wildman–Crippen MR) is 97.7 cm³/mol. The lowest BCUT2D eigenvalue weighted by molar-refractivity contribution is 0.0944. The second-order valence-electron chi connectivity index (χ2n) is 5.39. The summed E-state index contributed by atoms with van der Waals surface area (Å²) in [5, 5.41) is 11.2. The number of rotatable bonds is 7. The van der Waals surface area contributed by atoms with Gasteiger partial charge in [0.05, 0.1) is 10.4 Å². The molecule has 134 valence electrons. The zero-order chi connectivity index (χ0) is 18.4. The molecule has 0 spiro atoms. The fourth-order valence-corrected chi connectivity index (χ4v) is 2.81. The van der Waals surface area contributed by atoms with Crippen molar-refractivity contribution in [3.05, 3.63) is 53.2 Å². The average Bonchev–Trinajstić information content (AvgIpc) is 3.33. The number of anilines is 1. The van der Waals surface area contributed by atoms with E-state index < -0.39 is 0 Å². The van der Waals surface area contributed by atoms with Crippen LogP contribution in [0.5, 0.6) is 0 Å². The fraction of sp³-hybridized carbons (Fsp3) is 0.176. The number of nitrogens with zero attached hydrogens (tertiary/aromatic N) is 2. The van der Waals surface area contributed by atoms with Crippen molar-refractivity contribution >= 4 is 29.0 Å². The monoisotopic (exact) mass is 371 g/mol. The first-order valence-corrected chi connectivity index (χ1v) is 8.80. The van der Waals surface area contributed by atoms with Crippen molar-refractivity contribution < 1.29 is 14.1 Å². The molecule has 3 aromatic heterocycles. The summed E-state index contributed by atoms with van der Waals surface area (Å²) in [5.74, 6) is 0.375. The standard InChI is InChI=1S/C17H17N5O3S/c18-15-5-4-11(10-21-15)16(23)19-6-2-7-20-17(24)12-9-13(25-22-12)14-3-1-8-26-14/h1,3-5,8-10H,2,6-7H2,(H2,18,21)(H,19,23)(H,20,24). The minimum Gasteiger partial charge on any atom is -0.384 e. The Labute approximate surface area is 153 Å². The fourth-order valence-electron chi connectivity index (χ4n) is 2.14. The van der Waals surface area contributed by atoms with Crippen molar-refractivity contribution in [2.75, 3.05) is 18.8 Å². The molecule has 0 bridgehead atoms. The van der Waals surface area contributed by atoms with Gasteiger partial charge in [-0.1, -0.05) is 11.2 Å². The van der Waals surface area contributed by atoms with Crippen LogP contribution in [0.3, 0.4) is 0 Å². The van der Waals surface area contributed by atoms with Crippen molar-refractivity contribution in [1.82, 2.24) is 20.8 Å². The van der Waals surface area contributed by atoms with Crippen LogP contribution in [0.1, 0.15) is 27.3 Å². The van der Waals surface area contributed by atoms with Gasteiger partial charge in [0.1, 0.15) is 5.82 Å². The van der Waals surface area contributed by atoms with E-state index in [1.807, 2.05) is 17.5 Å². The third kappa shape index (κ3) is 4.45. The first kappa shape index (κ1) is 17.6. The Morgan fingerprint density at radius 2 is 1.96 bits per heavy atom. The van der Waals surface area contributed by atoms with Gasteiger partial charge in [0.2, 0.25) is 0 Å². The molecule has 4 N–H and O–H groups in total. The maximum atomic E-state index is 12.0. The molecule has 3 aromatic rings. The number of thiophene rings is 1. The molecule has 0 saturated heterocycles. The second kappa shape index (κ2) is 8.26. The van der Waals surface area contributed by atoms with Crippen molar-refractivity contribution in [2.45, 2.75) is 6.42 Å². The van der Waals surface area contributed by atoms with E-state index in [0.29, 0.717) is 36.7 Å². The summed E-state index contributed by atoms with van der Waals surface area (Å²) in [5.41, 5.74) is 6.14. The van der Waals surface area contributed by atoms with Crippen molar-refractivity contribution in [1.29, 1.82) is 0 Å². The minimum atomic E-state index is -0.314. The number of nitrogen functional groups attached to an aromatic ring is 1. The zero-order valence-electron chi connectivity index (χ0n) is 13.8. The number of pyridine rings is 1. The van der Waals surface area contributed by atoms with Gasteiger partial charge in [0.15, 0.2) is 11.5 Å². The molecule has 2 amide bonds. The smallest absolute Gasteiger partial charge is 0.273 e. The van der Waals surface area contributed by atoms with Gasteiger partial charge in [0.25, 0.3) is 11.8 Å². The minimum absolute atomic E-state index is 0.227. The van der Waals surface area contributed by atoms with Crippen molar-refractivity contribution in [3.63, 3.8) is 0 Å². The van der Waals surface area contributed by atoms with Gasteiger partial charge in [-0.2, -0.15) is 0 Å². The SMILES string of the molecule is Nc1ccc(C(=O)NCCCNC(=O)c2cc(-c3cccs3)on2)cn1. The number of nitrogens with two attached hydrogens (primary N) is 1. The largest absolute Gasteiger partial charge is 0.384 e. The highest BCUT2D eigenvalue weighted by Gasteiger charge is 2.13. The van der Waals surface area contributed by atoms with E-state index in [1.54, 1.807) is 18.2 Å². The normalized spacial score (nSPS) is 10.5. The topological polar surface area (TPSA) is 123 Å². The maximum absolute atomic E-state index is 12.0. The van der Waals surface area contributed by atoms with Crippen molar-refractivity contribution in [2.24, 2.45) is 0 Å². The Hall–Kier alpha value is -3.20. The van der Waals surface area contributed by atoms with Crippen LogP contribution in [0.4, 0.5) is 5.82 Å². The van der Waals surface area contributed by atoms with E-state index in [4.69, 9.17) is 10.3 Å². The third-order valence-corrected chi connectivity index (χ3v) is 4.36. The molecule has 0 fully saturated rings. The van der Waals surface area contributed by atoms with Gasteiger partial charge in [-0.3, -0.25) is 9.59 Å². The highest BCUT2D eigenvalue weighted by atomic mass is 32.1. The Bertz CT molecular complexity index is 874. The second-order valence-corrected chi connectivity index (χ2v) is 6.34. The van der Waals surface area contributed by atoms with Crippen LogP contribution in [0, 0.1) is 0 Å². The quantitative estimate of drug-likeness (QED) is 0.545. The number of nitrogens with one attached hydrogen (secondary N) is 2. The molecule has 0 aliphatic heterocycles. The molecule has 8 nitrogen and oxygen atoms in total. The summed E-state index contributed by atoms with van der Waals surface area (Å²) in [7, 11) is 0. The van der Waals surface area contributed by atoms with E-state index in [9.17, 15) is 9.59 Å². The van der Waals surface area contributed by atoms with E-state index in [-0.39, 0.29) is 17.5 Å². The Morgan fingerprint density at radius 3 is 2.65 bits per heavy atom. The lowest BCUT2D eigenvalue weighted by atomic mass is 10.2. The molecule has 26 heavy (non-hydrogen) atoms.